The molecule has 0 radical (unpaired) electrons. The molecule has 1 saturated heterocycles. The number of benzene rings is 2. The number of likely N-dealkylation sites (tertiary alicyclic amines) is 1. The standard InChI is InChI=1S/C22H26ClNO/c1-17-7-8-20(15-22(17)23)14-21(25)13-18-9-11-24(12-10-18)16-19-5-3-2-4-6-19/h2-8,15,18H,9-14,16H2,1H3. The summed E-state index contributed by atoms with van der Waals surface area (Å²) in [6.07, 6.45) is 3.44. The summed E-state index contributed by atoms with van der Waals surface area (Å²) in [7, 11) is 0. The van der Waals surface area contributed by atoms with Crippen LogP contribution in [-0.4, -0.2) is 23.8 Å². The van der Waals surface area contributed by atoms with Gasteiger partial charge in [-0.15, -0.1) is 0 Å². The lowest BCUT2D eigenvalue weighted by Crippen LogP contribution is -2.34. The number of carbonyl (C=O) groups is 1. The Hall–Kier alpha value is -1.64. The molecule has 2 aromatic carbocycles. The fourth-order valence-electron chi connectivity index (χ4n) is 3.56. The monoisotopic (exact) mass is 355 g/mol. The van der Waals surface area contributed by atoms with Gasteiger partial charge >= 0.3 is 0 Å². The van der Waals surface area contributed by atoms with Crippen LogP contribution in [0.3, 0.4) is 0 Å². The molecule has 132 valence electrons. The van der Waals surface area contributed by atoms with Crippen LogP contribution in [0.4, 0.5) is 0 Å². The van der Waals surface area contributed by atoms with E-state index >= 15 is 0 Å². The molecule has 3 heteroatoms. The highest BCUT2D eigenvalue weighted by molar-refractivity contribution is 6.31. The van der Waals surface area contributed by atoms with Crippen LogP contribution < -0.4 is 0 Å². The second kappa shape index (κ2) is 8.64. The molecule has 0 N–H and O–H groups in total. The third-order valence-corrected chi connectivity index (χ3v) is 5.52. The van der Waals surface area contributed by atoms with E-state index in [1.54, 1.807) is 0 Å². The number of carbonyl (C=O) groups excluding carboxylic acids is 1. The zero-order chi connectivity index (χ0) is 17.6. The normalized spacial score (nSPS) is 16.1. The molecule has 0 bridgehead atoms. The summed E-state index contributed by atoms with van der Waals surface area (Å²) in [5.41, 5.74) is 3.46. The van der Waals surface area contributed by atoms with Crippen molar-refractivity contribution >= 4 is 17.4 Å². The van der Waals surface area contributed by atoms with Gasteiger partial charge in [0.25, 0.3) is 0 Å². The Labute approximate surface area is 155 Å². The van der Waals surface area contributed by atoms with Gasteiger partial charge < -0.3 is 0 Å². The largest absolute Gasteiger partial charge is 0.299 e. The van der Waals surface area contributed by atoms with Gasteiger partial charge in [-0.3, -0.25) is 9.69 Å². The summed E-state index contributed by atoms with van der Waals surface area (Å²) < 4.78 is 0. The second-order valence-corrected chi connectivity index (χ2v) is 7.62. The van der Waals surface area contributed by atoms with Gasteiger partial charge in [-0.1, -0.05) is 54.1 Å². The van der Waals surface area contributed by atoms with E-state index in [0.717, 1.165) is 48.6 Å². The molecule has 0 amide bonds. The van der Waals surface area contributed by atoms with E-state index in [9.17, 15) is 4.79 Å². The number of hydrogen-bond acceptors (Lipinski definition) is 2. The maximum atomic E-state index is 12.4. The van der Waals surface area contributed by atoms with Crippen molar-refractivity contribution < 1.29 is 4.79 Å². The van der Waals surface area contributed by atoms with Crippen LogP contribution in [0.15, 0.2) is 48.5 Å². The van der Waals surface area contributed by atoms with Gasteiger partial charge in [-0.05, 0) is 61.5 Å². The van der Waals surface area contributed by atoms with Gasteiger partial charge in [-0.2, -0.15) is 0 Å². The lowest BCUT2D eigenvalue weighted by Gasteiger charge is -2.31. The number of aryl methyl sites for hydroxylation is 1. The quantitative estimate of drug-likeness (QED) is 0.721. The average molecular weight is 356 g/mol. The summed E-state index contributed by atoms with van der Waals surface area (Å²) in [5.74, 6) is 0.863. The van der Waals surface area contributed by atoms with Crippen molar-refractivity contribution in [2.45, 2.75) is 39.2 Å². The van der Waals surface area contributed by atoms with Crippen molar-refractivity contribution in [2.75, 3.05) is 13.1 Å². The first-order chi connectivity index (χ1) is 12.1. The first kappa shape index (κ1) is 18.2. The fraction of sp³-hybridized carbons (Fsp3) is 0.409. The van der Waals surface area contributed by atoms with Crippen molar-refractivity contribution in [2.24, 2.45) is 5.92 Å². The fourth-order valence-corrected chi connectivity index (χ4v) is 3.76. The van der Waals surface area contributed by atoms with E-state index in [4.69, 9.17) is 11.6 Å². The first-order valence-corrected chi connectivity index (χ1v) is 9.51. The van der Waals surface area contributed by atoms with Crippen LogP contribution in [0.5, 0.6) is 0 Å². The Morgan fingerprint density at radius 2 is 1.80 bits per heavy atom. The van der Waals surface area contributed by atoms with E-state index in [2.05, 4.69) is 35.2 Å². The van der Waals surface area contributed by atoms with Crippen LogP contribution >= 0.6 is 11.6 Å². The van der Waals surface area contributed by atoms with Crippen molar-refractivity contribution in [3.8, 4) is 0 Å². The highest BCUT2D eigenvalue weighted by atomic mass is 35.5. The van der Waals surface area contributed by atoms with Crippen LogP contribution in [0, 0.1) is 12.8 Å². The minimum atomic E-state index is 0.335. The number of rotatable bonds is 6. The van der Waals surface area contributed by atoms with Crippen LogP contribution in [0.1, 0.15) is 36.0 Å². The van der Waals surface area contributed by atoms with Crippen LogP contribution in [0.2, 0.25) is 5.02 Å². The molecule has 2 aromatic rings. The van der Waals surface area contributed by atoms with Gasteiger partial charge in [0.15, 0.2) is 0 Å². The van der Waals surface area contributed by atoms with Gasteiger partial charge in [-0.25, -0.2) is 0 Å². The molecule has 0 aromatic heterocycles. The van der Waals surface area contributed by atoms with E-state index in [0.29, 0.717) is 24.5 Å². The van der Waals surface area contributed by atoms with Crippen LogP contribution in [-0.2, 0) is 17.8 Å². The second-order valence-electron chi connectivity index (χ2n) is 7.21. The molecule has 1 aliphatic heterocycles. The molecule has 0 spiro atoms. The number of piperidine rings is 1. The Morgan fingerprint density at radius 1 is 1.08 bits per heavy atom. The van der Waals surface area contributed by atoms with Gasteiger partial charge in [0.1, 0.15) is 5.78 Å². The van der Waals surface area contributed by atoms with E-state index in [1.165, 1.54) is 5.56 Å². The summed E-state index contributed by atoms with van der Waals surface area (Å²) >= 11 is 6.15. The molecule has 0 aliphatic carbocycles. The topological polar surface area (TPSA) is 20.3 Å². The molecular weight excluding hydrogens is 330 g/mol. The van der Waals surface area contributed by atoms with Gasteiger partial charge in [0.2, 0.25) is 0 Å². The highest BCUT2D eigenvalue weighted by Crippen LogP contribution is 2.23. The number of hydrogen-bond donors (Lipinski definition) is 0. The summed E-state index contributed by atoms with van der Waals surface area (Å²) in [6, 6.07) is 16.6. The zero-order valence-electron chi connectivity index (χ0n) is 14.9. The number of Topliss-reactive ketones (excluding diaryl/α,β-unsaturated/α-hetero) is 1. The minimum Gasteiger partial charge on any atom is -0.299 e. The Bertz CT molecular complexity index is 705. The third-order valence-electron chi connectivity index (χ3n) is 5.11. The lowest BCUT2D eigenvalue weighted by atomic mass is 9.90. The van der Waals surface area contributed by atoms with E-state index in [-0.39, 0.29) is 0 Å². The van der Waals surface area contributed by atoms with Crippen molar-refractivity contribution in [1.82, 2.24) is 4.90 Å². The lowest BCUT2D eigenvalue weighted by molar-refractivity contribution is -0.119. The molecular formula is C22H26ClNO. The smallest absolute Gasteiger partial charge is 0.137 e. The summed E-state index contributed by atoms with van der Waals surface area (Å²) in [4.78, 5) is 14.9. The first-order valence-electron chi connectivity index (χ1n) is 9.13. The number of halogens is 1. The number of nitrogens with zero attached hydrogens (tertiary/aromatic N) is 1. The molecule has 3 rings (SSSR count). The predicted molar refractivity (Wildman–Crippen MR) is 104 cm³/mol. The maximum Gasteiger partial charge on any atom is 0.137 e. The minimum absolute atomic E-state index is 0.335. The molecule has 0 atom stereocenters. The van der Waals surface area contributed by atoms with E-state index in [1.807, 2.05) is 25.1 Å². The molecule has 0 saturated carbocycles. The van der Waals surface area contributed by atoms with Crippen molar-refractivity contribution in [3.63, 3.8) is 0 Å². The van der Waals surface area contributed by atoms with Gasteiger partial charge in [0.05, 0.1) is 0 Å². The van der Waals surface area contributed by atoms with Gasteiger partial charge in [0, 0.05) is 24.4 Å². The highest BCUT2D eigenvalue weighted by Gasteiger charge is 2.21. The van der Waals surface area contributed by atoms with Crippen molar-refractivity contribution in [1.29, 1.82) is 0 Å². The average Bonchev–Trinajstić information content (AvgIpc) is 2.61. The number of ketones is 1. The third kappa shape index (κ3) is 5.42. The SMILES string of the molecule is Cc1ccc(CC(=O)CC2CCN(Cc3ccccc3)CC2)cc1Cl. The molecule has 25 heavy (non-hydrogen) atoms. The van der Waals surface area contributed by atoms with E-state index < -0.39 is 0 Å². The molecule has 1 fully saturated rings. The zero-order valence-corrected chi connectivity index (χ0v) is 15.6. The molecule has 0 unspecified atom stereocenters. The van der Waals surface area contributed by atoms with Crippen LogP contribution in [0.25, 0.3) is 0 Å². The predicted octanol–water partition coefficient (Wildman–Crippen LogP) is 5.06. The molecule has 1 aliphatic rings. The summed E-state index contributed by atoms with van der Waals surface area (Å²) in [6.45, 7) is 5.17. The molecule has 1 heterocycles. The summed E-state index contributed by atoms with van der Waals surface area (Å²) in [5, 5.41) is 0.750. The van der Waals surface area contributed by atoms with Crippen molar-refractivity contribution in [3.05, 3.63) is 70.2 Å². The Kier molecular flexibility index (Phi) is 6.28. The Morgan fingerprint density at radius 3 is 2.48 bits per heavy atom. The maximum absolute atomic E-state index is 12.4. The Balaban J connectivity index is 1.43. The molecule has 2 nitrogen and oxygen atoms in total.